The van der Waals surface area contributed by atoms with E-state index in [2.05, 4.69) is 196 Å². The van der Waals surface area contributed by atoms with Gasteiger partial charge in [-0.05, 0) is 95.7 Å². The van der Waals surface area contributed by atoms with E-state index in [1.54, 1.807) is 0 Å². The molecule has 0 saturated carbocycles. The van der Waals surface area contributed by atoms with Gasteiger partial charge < -0.3 is 4.42 Å². The highest BCUT2D eigenvalue weighted by Gasteiger charge is 2.25. The summed E-state index contributed by atoms with van der Waals surface area (Å²) in [7, 11) is 18.6. The van der Waals surface area contributed by atoms with Crippen LogP contribution >= 0.6 is 0 Å². The zero-order chi connectivity index (χ0) is 39.3. The van der Waals surface area contributed by atoms with E-state index < -0.39 is 0 Å². The van der Waals surface area contributed by atoms with Crippen molar-refractivity contribution in [3.05, 3.63) is 133 Å². The third kappa shape index (κ3) is 5.35. The SMILES string of the molecule is Bc1c(B)c(B)c2c(-c3cccc(-c4ccccc4)c3)c3c(B)c(B)c(B)c(B)c3c(-c3ccc(-c4ccc5oc6c7ccccc7ccc6c5c4)cc3)c2c1B. The van der Waals surface area contributed by atoms with Crippen LogP contribution in [0.3, 0.4) is 0 Å². The van der Waals surface area contributed by atoms with Crippen molar-refractivity contribution >= 4 is 161 Å². The zero-order valence-corrected chi connectivity index (χ0v) is 34.1. The molecule has 0 amide bonds. The Bertz CT molecular complexity index is 3240. The van der Waals surface area contributed by atoms with Crippen molar-refractivity contribution in [2.45, 2.75) is 0 Å². The quantitative estimate of drug-likeness (QED) is 0.182. The van der Waals surface area contributed by atoms with E-state index in [0.717, 1.165) is 27.3 Å². The van der Waals surface area contributed by atoms with Crippen LogP contribution in [0.2, 0.25) is 0 Å². The molecule has 0 aliphatic carbocycles. The van der Waals surface area contributed by atoms with Crippen LogP contribution in [-0.2, 0) is 0 Å². The smallest absolute Gasteiger partial charge is 0.143 e. The van der Waals surface area contributed by atoms with Crippen LogP contribution in [-0.4, -0.2) is 62.8 Å². The highest BCUT2D eigenvalue weighted by molar-refractivity contribution is 6.71. The van der Waals surface area contributed by atoms with E-state index in [4.69, 9.17) is 4.42 Å². The highest BCUT2D eigenvalue weighted by Crippen LogP contribution is 2.42. The number of fused-ring (bicyclic) bond motifs is 7. The molecule has 10 aromatic rings. The van der Waals surface area contributed by atoms with E-state index >= 15 is 0 Å². The minimum absolute atomic E-state index is 0.919. The lowest BCUT2D eigenvalue weighted by Crippen LogP contribution is -2.50. The van der Waals surface area contributed by atoms with Gasteiger partial charge in [0, 0.05) is 16.2 Å². The van der Waals surface area contributed by atoms with E-state index in [0.29, 0.717) is 0 Å². The van der Waals surface area contributed by atoms with Crippen LogP contribution in [0.5, 0.6) is 0 Å². The van der Waals surface area contributed by atoms with Crippen molar-refractivity contribution < 1.29 is 4.42 Å². The van der Waals surface area contributed by atoms with Crippen molar-refractivity contribution in [2.75, 3.05) is 0 Å². The van der Waals surface area contributed by atoms with Crippen molar-refractivity contribution in [1.29, 1.82) is 0 Å². The Morgan fingerprint density at radius 3 is 1.40 bits per heavy atom. The molecule has 0 atom stereocenters. The van der Waals surface area contributed by atoms with Gasteiger partial charge in [-0.25, -0.2) is 0 Å². The second-order valence-electron chi connectivity index (χ2n) is 16.3. The zero-order valence-electron chi connectivity index (χ0n) is 34.1. The van der Waals surface area contributed by atoms with Crippen molar-refractivity contribution in [2.24, 2.45) is 0 Å². The standard InChI is InChI=1S/C48H38B8O/c49-40-36-34(26-15-13-24(14-16-26)28-18-20-33-32(22-28)31-19-17-25-9-4-5-12-30(25)48(31)57-33)37-39(43(52)47(56)45(54)41(37)50)35(38(36)42(51)46(55)44(40)53)29-11-6-10-27(21-29)23-7-2-1-3-8-23/h1-22H,49-56H2. The molecule has 9 heteroatoms. The maximum absolute atomic E-state index is 6.46. The first kappa shape index (κ1) is 35.5. The predicted octanol–water partition coefficient (Wildman–Crippen LogP) is -0.219. The van der Waals surface area contributed by atoms with Gasteiger partial charge in [0.05, 0.1) is 0 Å². The molecule has 1 aromatic heterocycles. The van der Waals surface area contributed by atoms with E-state index in [-0.39, 0.29) is 0 Å². The molecule has 1 nitrogen and oxygen atoms in total. The minimum Gasteiger partial charge on any atom is -0.455 e. The Hall–Kier alpha value is -5.92. The maximum atomic E-state index is 6.46. The molecular formula is C48H38B8O. The van der Waals surface area contributed by atoms with Crippen molar-refractivity contribution in [3.8, 4) is 44.5 Å². The molecule has 10 rings (SSSR count). The fourth-order valence-corrected chi connectivity index (χ4v) is 9.70. The lowest BCUT2D eigenvalue weighted by molar-refractivity contribution is 0.672. The fraction of sp³-hybridized carbons (Fsp3) is 0. The molecular weight excluding hydrogens is 679 g/mol. The summed E-state index contributed by atoms with van der Waals surface area (Å²) < 4.78 is 6.46. The Balaban J connectivity index is 1.24. The van der Waals surface area contributed by atoms with E-state index in [1.807, 2.05) is 0 Å². The van der Waals surface area contributed by atoms with Crippen LogP contribution in [0, 0.1) is 0 Å². The summed E-state index contributed by atoms with van der Waals surface area (Å²) >= 11 is 0. The largest absolute Gasteiger partial charge is 0.455 e. The molecule has 0 fully saturated rings. The van der Waals surface area contributed by atoms with Crippen molar-refractivity contribution in [3.63, 3.8) is 0 Å². The second kappa shape index (κ2) is 13.3. The molecule has 0 unspecified atom stereocenters. The van der Waals surface area contributed by atoms with Gasteiger partial charge in [-0.1, -0.05) is 131 Å². The summed E-state index contributed by atoms with van der Waals surface area (Å²) in [6, 6.07) is 48.9. The maximum Gasteiger partial charge on any atom is 0.143 e. The molecule has 9 aromatic carbocycles. The summed E-state index contributed by atoms with van der Waals surface area (Å²) in [5.41, 5.74) is 22.8. The summed E-state index contributed by atoms with van der Waals surface area (Å²) in [6.07, 6.45) is 0. The third-order valence-corrected chi connectivity index (χ3v) is 13.5. The van der Waals surface area contributed by atoms with Gasteiger partial charge in [0.15, 0.2) is 0 Å². The lowest BCUT2D eigenvalue weighted by atomic mass is 9.59. The molecule has 57 heavy (non-hydrogen) atoms. The topological polar surface area (TPSA) is 13.1 Å². The van der Waals surface area contributed by atoms with Gasteiger partial charge in [-0.15, -0.1) is 21.9 Å². The van der Waals surface area contributed by atoms with Crippen LogP contribution in [0.15, 0.2) is 138 Å². The van der Waals surface area contributed by atoms with Crippen molar-refractivity contribution in [1.82, 2.24) is 0 Å². The lowest BCUT2D eigenvalue weighted by Gasteiger charge is -2.28. The summed E-state index contributed by atoms with van der Waals surface area (Å²) in [4.78, 5) is 0. The predicted molar refractivity (Wildman–Crippen MR) is 273 cm³/mol. The normalized spacial score (nSPS) is 11.7. The van der Waals surface area contributed by atoms with Crippen LogP contribution in [0.1, 0.15) is 0 Å². The molecule has 0 saturated heterocycles. The fourth-order valence-electron chi connectivity index (χ4n) is 9.70. The monoisotopic (exact) mass is 718 g/mol. The summed E-state index contributed by atoms with van der Waals surface area (Å²) in [5, 5.41) is 10.1. The van der Waals surface area contributed by atoms with Crippen LogP contribution < -0.4 is 43.7 Å². The molecule has 0 radical (unpaired) electrons. The molecule has 0 aliphatic heterocycles. The van der Waals surface area contributed by atoms with Gasteiger partial charge in [0.2, 0.25) is 0 Å². The van der Waals surface area contributed by atoms with Gasteiger partial charge in [0.1, 0.15) is 73.9 Å². The summed E-state index contributed by atoms with van der Waals surface area (Å²) in [6.45, 7) is 0. The van der Waals surface area contributed by atoms with Gasteiger partial charge in [-0.3, -0.25) is 0 Å². The number of hydrogen-bond acceptors (Lipinski definition) is 1. The Labute approximate surface area is 341 Å². The highest BCUT2D eigenvalue weighted by atomic mass is 16.3. The molecule has 0 bridgehead atoms. The average molecular weight is 717 g/mol. The second-order valence-corrected chi connectivity index (χ2v) is 16.3. The Morgan fingerprint density at radius 1 is 0.298 bits per heavy atom. The molecule has 0 spiro atoms. The average Bonchev–Trinajstić information content (AvgIpc) is 3.64. The molecule has 260 valence electrons. The number of furan rings is 1. The number of hydrogen-bond donors (Lipinski definition) is 0. The number of benzene rings is 9. The third-order valence-electron chi connectivity index (χ3n) is 13.5. The van der Waals surface area contributed by atoms with Crippen LogP contribution in [0.4, 0.5) is 0 Å². The first-order valence-electron chi connectivity index (χ1n) is 20.2. The number of rotatable bonds is 4. The van der Waals surface area contributed by atoms with Gasteiger partial charge in [-0.2, -0.15) is 0 Å². The Kier molecular flexibility index (Phi) is 8.31. The molecule has 0 aliphatic rings. The van der Waals surface area contributed by atoms with Crippen LogP contribution in [0.25, 0.3) is 98.8 Å². The van der Waals surface area contributed by atoms with E-state index in [9.17, 15) is 0 Å². The Morgan fingerprint density at radius 2 is 0.772 bits per heavy atom. The summed E-state index contributed by atoms with van der Waals surface area (Å²) in [5.74, 6) is 0. The minimum atomic E-state index is 0.919. The first-order chi connectivity index (χ1) is 27.6. The first-order valence-corrected chi connectivity index (χ1v) is 20.2. The van der Waals surface area contributed by atoms with Gasteiger partial charge >= 0.3 is 0 Å². The van der Waals surface area contributed by atoms with E-state index in [1.165, 1.54) is 115 Å². The molecule has 0 N–H and O–H groups in total. The van der Waals surface area contributed by atoms with Gasteiger partial charge in [0.25, 0.3) is 0 Å². The molecule has 1 heterocycles.